The zero-order valence-electron chi connectivity index (χ0n) is 21.5. The van der Waals surface area contributed by atoms with E-state index >= 15 is 0 Å². The molecule has 0 bridgehead atoms. The van der Waals surface area contributed by atoms with Crippen LogP contribution in [-0.4, -0.2) is 81.5 Å². The molecule has 3 aromatic heterocycles. The molecule has 2 fully saturated rings. The Bertz CT molecular complexity index is 1330. The number of ether oxygens (including phenoxy) is 1. The molecule has 5 heterocycles. The van der Waals surface area contributed by atoms with Crippen molar-refractivity contribution >= 4 is 28.9 Å². The van der Waals surface area contributed by atoms with Gasteiger partial charge in [0.25, 0.3) is 0 Å². The number of hydrogen-bond donors (Lipinski definition) is 2. The van der Waals surface area contributed by atoms with Crippen molar-refractivity contribution < 1.29 is 9.53 Å². The predicted molar refractivity (Wildman–Crippen MR) is 143 cm³/mol. The number of nitrogens with two attached hydrogens (primary N) is 1. The van der Waals surface area contributed by atoms with Crippen LogP contribution in [0.3, 0.4) is 0 Å². The van der Waals surface area contributed by atoms with E-state index in [0.717, 1.165) is 49.1 Å². The molecule has 0 aliphatic carbocycles. The molecule has 0 radical (unpaired) electrons. The second-order valence-electron chi connectivity index (χ2n) is 9.35. The highest BCUT2D eigenvalue weighted by Gasteiger charge is 2.36. The van der Waals surface area contributed by atoms with Gasteiger partial charge in [0.1, 0.15) is 18.4 Å². The molecule has 0 unspecified atom stereocenters. The minimum atomic E-state index is -0.324. The van der Waals surface area contributed by atoms with Gasteiger partial charge in [0.15, 0.2) is 11.6 Å². The number of allylic oxidation sites excluding steroid dienone is 1. The third-order valence-corrected chi connectivity index (χ3v) is 7.05. The summed E-state index contributed by atoms with van der Waals surface area (Å²) in [5.41, 5.74) is 9.23. The summed E-state index contributed by atoms with van der Waals surface area (Å²) < 4.78 is 7.79. The van der Waals surface area contributed by atoms with Crippen molar-refractivity contribution in [2.75, 3.05) is 43.5 Å². The summed E-state index contributed by atoms with van der Waals surface area (Å²) in [6.45, 7) is 7.53. The van der Waals surface area contributed by atoms with E-state index in [1.165, 1.54) is 6.20 Å². The molecule has 0 aromatic carbocycles. The van der Waals surface area contributed by atoms with Crippen LogP contribution in [0.2, 0.25) is 0 Å². The standard InChI is InChI=1S/C26H33N9O2/c1-4-33-8-6-19(33)16-37-22(13-27)24(28-3)18-5-10-35-20(11-18)12-23(32-35)31-25(36)21-7-9-34(21)26-29-14-17(2)15-30-26/h5,10-15,19,21H,4,6-9,16,27H2,1-3H3,(H,31,32,36)/b22-13+,28-24?/t19-,21+/m1/s1. The van der Waals surface area contributed by atoms with Crippen LogP contribution < -0.4 is 16.0 Å². The second kappa shape index (κ2) is 10.6. The van der Waals surface area contributed by atoms with Crippen LogP contribution in [0, 0.1) is 6.92 Å². The summed E-state index contributed by atoms with van der Waals surface area (Å²) in [6, 6.07) is 5.78. The van der Waals surface area contributed by atoms with Gasteiger partial charge in [-0.1, -0.05) is 6.92 Å². The molecule has 2 aliphatic heterocycles. The molecular weight excluding hydrogens is 470 g/mol. The number of likely N-dealkylation sites (tertiary alicyclic amines) is 1. The Labute approximate surface area is 216 Å². The lowest BCUT2D eigenvalue weighted by atomic mass is 10.0. The number of carbonyl (C=O) groups excluding carboxylic acids is 1. The SMILES string of the molecule is CCN1CC[C@@H]1CO/C(=C/N)C(=NC)c1ccn2nc(NC(=O)[C@@H]3CCN3c3ncc(C)cn3)cc2c1. The molecule has 3 N–H and O–H groups in total. The number of pyridine rings is 1. The van der Waals surface area contributed by atoms with Crippen LogP contribution in [0.25, 0.3) is 5.52 Å². The summed E-state index contributed by atoms with van der Waals surface area (Å²) in [5, 5.41) is 7.45. The van der Waals surface area contributed by atoms with E-state index in [1.807, 2.05) is 36.2 Å². The summed E-state index contributed by atoms with van der Waals surface area (Å²) in [4.78, 5) is 30.4. The van der Waals surface area contributed by atoms with Gasteiger partial charge in [0.2, 0.25) is 11.9 Å². The average Bonchev–Trinajstić information content (AvgIpc) is 3.25. The average molecular weight is 504 g/mol. The highest BCUT2D eigenvalue weighted by molar-refractivity contribution is 6.11. The van der Waals surface area contributed by atoms with Gasteiger partial charge < -0.3 is 20.7 Å². The van der Waals surface area contributed by atoms with Gasteiger partial charge in [0, 0.05) is 62.6 Å². The van der Waals surface area contributed by atoms with Gasteiger partial charge in [-0.05, 0) is 44.0 Å². The first-order valence-corrected chi connectivity index (χ1v) is 12.6. The monoisotopic (exact) mass is 503 g/mol. The van der Waals surface area contributed by atoms with Crippen molar-refractivity contribution in [2.24, 2.45) is 10.7 Å². The molecule has 2 atom stereocenters. The fraction of sp³-hybridized carbons (Fsp3) is 0.423. The van der Waals surface area contributed by atoms with Gasteiger partial charge in [-0.3, -0.25) is 14.7 Å². The van der Waals surface area contributed by atoms with Crippen molar-refractivity contribution in [3.05, 3.63) is 59.9 Å². The number of nitrogens with one attached hydrogen (secondary N) is 1. The topological polar surface area (TPSA) is 126 Å². The fourth-order valence-corrected chi connectivity index (χ4v) is 4.71. The number of hydrogen-bond acceptors (Lipinski definition) is 9. The number of anilines is 2. The highest BCUT2D eigenvalue weighted by Crippen LogP contribution is 2.25. The van der Waals surface area contributed by atoms with Crippen molar-refractivity contribution in [1.29, 1.82) is 0 Å². The molecular formula is C26H33N9O2. The molecule has 11 heteroatoms. The zero-order valence-corrected chi connectivity index (χ0v) is 21.5. The van der Waals surface area contributed by atoms with Crippen LogP contribution >= 0.6 is 0 Å². The molecule has 1 amide bonds. The van der Waals surface area contributed by atoms with Crippen molar-refractivity contribution in [2.45, 2.75) is 38.8 Å². The van der Waals surface area contributed by atoms with Crippen molar-refractivity contribution in [1.82, 2.24) is 24.5 Å². The third-order valence-electron chi connectivity index (χ3n) is 7.05. The molecule has 2 aliphatic rings. The molecule has 11 nitrogen and oxygen atoms in total. The van der Waals surface area contributed by atoms with Gasteiger partial charge in [-0.25, -0.2) is 14.5 Å². The van der Waals surface area contributed by atoms with E-state index in [-0.39, 0.29) is 11.9 Å². The number of nitrogens with zero attached hydrogens (tertiary/aromatic N) is 7. The second-order valence-corrected chi connectivity index (χ2v) is 9.35. The maximum Gasteiger partial charge on any atom is 0.248 e. The van der Waals surface area contributed by atoms with E-state index in [2.05, 4.69) is 37.2 Å². The van der Waals surface area contributed by atoms with Gasteiger partial charge in [-0.15, -0.1) is 0 Å². The molecule has 2 saturated heterocycles. The Kier molecular flexibility index (Phi) is 7.04. The smallest absolute Gasteiger partial charge is 0.248 e. The van der Waals surface area contributed by atoms with Crippen molar-refractivity contribution in [3.63, 3.8) is 0 Å². The summed E-state index contributed by atoms with van der Waals surface area (Å²) >= 11 is 0. The molecule has 0 spiro atoms. The molecule has 37 heavy (non-hydrogen) atoms. The van der Waals surface area contributed by atoms with Crippen LogP contribution in [0.15, 0.2) is 53.7 Å². The van der Waals surface area contributed by atoms with E-state index in [4.69, 9.17) is 10.5 Å². The number of carbonyl (C=O) groups is 1. The van der Waals surface area contributed by atoms with Gasteiger partial charge in [0.05, 0.1) is 5.52 Å². The first kappa shape index (κ1) is 24.7. The zero-order chi connectivity index (χ0) is 25.9. The lowest BCUT2D eigenvalue weighted by molar-refractivity contribution is -0.118. The minimum Gasteiger partial charge on any atom is -0.488 e. The summed E-state index contributed by atoms with van der Waals surface area (Å²) in [7, 11) is 1.72. The number of amides is 1. The Balaban J connectivity index is 1.26. The fourth-order valence-electron chi connectivity index (χ4n) is 4.71. The summed E-state index contributed by atoms with van der Waals surface area (Å²) in [5.74, 6) is 1.46. The van der Waals surface area contributed by atoms with Crippen LogP contribution in [0.5, 0.6) is 0 Å². The number of fused-ring (bicyclic) bond motifs is 1. The van der Waals surface area contributed by atoms with Gasteiger partial charge >= 0.3 is 0 Å². The van der Waals surface area contributed by atoms with Crippen molar-refractivity contribution in [3.8, 4) is 0 Å². The first-order chi connectivity index (χ1) is 18.0. The van der Waals surface area contributed by atoms with E-state index in [1.54, 1.807) is 24.0 Å². The lowest BCUT2D eigenvalue weighted by Gasteiger charge is -2.40. The van der Waals surface area contributed by atoms with Crippen LogP contribution in [-0.2, 0) is 9.53 Å². The highest BCUT2D eigenvalue weighted by atomic mass is 16.5. The Morgan fingerprint density at radius 1 is 1.27 bits per heavy atom. The maximum atomic E-state index is 13.0. The molecule has 5 rings (SSSR count). The Hall–Kier alpha value is -3.99. The number of likely N-dealkylation sites (N-methyl/N-ethyl adjacent to an activating group) is 1. The third kappa shape index (κ3) is 4.99. The maximum absolute atomic E-state index is 13.0. The Morgan fingerprint density at radius 2 is 2.08 bits per heavy atom. The lowest BCUT2D eigenvalue weighted by Crippen LogP contribution is -2.55. The normalized spacial score (nSPS) is 20.5. The first-order valence-electron chi connectivity index (χ1n) is 12.6. The number of aryl methyl sites for hydroxylation is 1. The quantitative estimate of drug-likeness (QED) is 0.335. The van der Waals surface area contributed by atoms with Gasteiger partial charge in [-0.2, -0.15) is 5.10 Å². The van der Waals surface area contributed by atoms with E-state index < -0.39 is 0 Å². The Morgan fingerprint density at radius 3 is 2.70 bits per heavy atom. The van der Waals surface area contributed by atoms with Crippen LogP contribution in [0.4, 0.5) is 11.8 Å². The minimum absolute atomic E-state index is 0.131. The predicted octanol–water partition coefficient (Wildman–Crippen LogP) is 1.98. The van der Waals surface area contributed by atoms with E-state index in [9.17, 15) is 4.79 Å². The number of aromatic nitrogens is 4. The number of aliphatic imine (C=N–C) groups is 1. The summed E-state index contributed by atoms with van der Waals surface area (Å²) in [6.07, 6.45) is 8.67. The number of rotatable bonds is 9. The largest absolute Gasteiger partial charge is 0.488 e. The van der Waals surface area contributed by atoms with E-state index in [0.29, 0.717) is 35.9 Å². The molecule has 3 aromatic rings. The molecule has 194 valence electrons. The van der Waals surface area contributed by atoms with Crippen LogP contribution in [0.1, 0.15) is 30.9 Å². The molecule has 0 saturated carbocycles.